The maximum absolute atomic E-state index is 11.8. The predicted molar refractivity (Wildman–Crippen MR) is 89.5 cm³/mol. The summed E-state index contributed by atoms with van der Waals surface area (Å²) in [6.07, 6.45) is 0. The topological polar surface area (TPSA) is 84.2 Å². The Hall–Kier alpha value is -1.28. The van der Waals surface area contributed by atoms with Crippen LogP contribution in [0, 0.1) is 0 Å². The van der Waals surface area contributed by atoms with Gasteiger partial charge in [-0.1, -0.05) is 11.6 Å². The maximum atomic E-state index is 11.8. The Bertz CT molecular complexity index is 781. The smallest absolute Gasteiger partial charge is 0.240 e. The van der Waals surface area contributed by atoms with Crippen molar-refractivity contribution in [3.8, 4) is 0 Å². The molecule has 0 fully saturated rings. The van der Waals surface area contributed by atoms with Gasteiger partial charge in [-0.2, -0.15) is 0 Å². The summed E-state index contributed by atoms with van der Waals surface area (Å²) < 4.78 is 26.7. The van der Waals surface area contributed by atoms with Crippen LogP contribution < -0.4 is 15.8 Å². The molecule has 0 atom stereocenters. The van der Waals surface area contributed by atoms with E-state index in [9.17, 15) is 8.42 Å². The number of anilines is 3. The fraction of sp³-hybridized carbons (Fsp3) is 0.0769. The molecule has 0 radical (unpaired) electrons. The highest BCUT2D eigenvalue weighted by Gasteiger charge is 2.13. The van der Waals surface area contributed by atoms with Gasteiger partial charge in [0.1, 0.15) is 0 Å². The maximum Gasteiger partial charge on any atom is 0.240 e. The monoisotopic (exact) mass is 389 g/mol. The van der Waals surface area contributed by atoms with Crippen molar-refractivity contribution >= 4 is 54.6 Å². The number of hydrogen-bond acceptors (Lipinski definition) is 4. The molecule has 0 aromatic heterocycles. The molecule has 0 bridgehead atoms. The molecule has 0 amide bonds. The number of sulfonamides is 1. The van der Waals surface area contributed by atoms with E-state index >= 15 is 0 Å². The van der Waals surface area contributed by atoms with Crippen molar-refractivity contribution in [3.63, 3.8) is 0 Å². The molecule has 112 valence electrons. The average Bonchev–Trinajstić information content (AvgIpc) is 2.45. The SMILES string of the molecule is CNS(=O)(=O)c1ccc(N)c(Nc2ccc(Br)c(Cl)c2)c1. The van der Waals surface area contributed by atoms with Gasteiger partial charge in [0, 0.05) is 10.2 Å². The fourth-order valence-electron chi connectivity index (χ4n) is 1.66. The largest absolute Gasteiger partial charge is 0.397 e. The van der Waals surface area contributed by atoms with Gasteiger partial charge in [-0.25, -0.2) is 13.1 Å². The molecule has 0 spiro atoms. The van der Waals surface area contributed by atoms with Crippen LogP contribution >= 0.6 is 27.5 Å². The van der Waals surface area contributed by atoms with E-state index in [-0.39, 0.29) is 4.90 Å². The summed E-state index contributed by atoms with van der Waals surface area (Å²) in [6.45, 7) is 0. The van der Waals surface area contributed by atoms with E-state index in [1.54, 1.807) is 18.2 Å². The summed E-state index contributed by atoms with van der Waals surface area (Å²) in [5, 5.41) is 3.59. The van der Waals surface area contributed by atoms with Crippen LogP contribution in [-0.2, 0) is 10.0 Å². The van der Waals surface area contributed by atoms with Gasteiger partial charge in [0.25, 0.3) is 0 Å². The number of halogens is 2. The van der Waals surface area contributed by atoms with Crippen molar-refractivity contribution < 1.29 is 8.42 Å². The number of benzene rings is 2. The molecule has 2 aromatic carbocycles. The molecule has 0 unspecified atom stereocenters. The molecule has 0 aliphatic heterocycles. The van der Waals surface area contributed by atoms with Crippen LogP contribution in [0.3, 0.4) is 0 Å². The third-order valence-corrected chi connectivity index (χ3v) is 5.45. The van der Waals surface area contributed by atoms with Crippen LogP contribution in [0.5, 0.6) is 0 Å². The highest BCUT2D eigenvalue weighted by atomic mass is 79.9. The van der Waals surface area contributed by atoms with E-state index in [1.165, 1.54) is 25.2 Å². The lowest BCUT2D eigenvalue weighted by atomic mass is 10.2. The van der Waals surface area contributed by atoms with E-state index in [0.717, 1.165) is 4.47 Å². The molecule has 0 aliphatic rings. The third-order valence-electron chi connectivity index (χ3n) is 2.80. The number of nitrogens with two attached hydrogens (primary N) is 1. The lowest BCUT2D eigenvalue weighted by Crippen LogP contribution is -2.18. The normalized spacial score (nSPS) is 11.4. The predicted octanol–water partition coefficient (Wildman–Crippen LogP) is 3.34. The van der Waals surface area contributed by atoms with Crippen molar-refractivity contribution in [2.75, 3.05) is 18.1 Å². The minimum Gasteiger partial charge on any atom is -0.397 e. The second-order valence-corrected chi connectivity index (χ2v) is 7.36. The molecule has 0 saturated carbocycles. The Morgan fingerprint density at radius 2 is 1.90 bits per heavy atom. The van der Waals surface area contributed by atoms with Gasteiger partial charge in [0.05, 0.1) is 21.3 Å². The molecular formula is C13H13BrClN3O2S. The molecule has 21 heavy (non-hydrogen) atoms. The van der Waals surface area contributed by atoms with Crippen molar-refractivity contribution in [2.24, 2.45) is 0 Å². The zero-order valence-electron chi connectivity index (χ0n) is 11.0. The van der Waals surface area contributed by atoms with Crippen LogP contribution in [0.25, 0.3) is 0 Å². The van der Waals surface area contributed by atoms with Crippen molar-refractivity contribution in [2.45, 2.75) is 4.90 Å². The van der Waals surface area contributed by atoms with Crippen LogP contribution in [0.15, 0.2) is 45.8 Å². The van der Waals surface area contributed by atoms with Gasteiger partial charge in [-0.05, 0) is 59.4 Å². The van der Waals surface area contributed by atoms with Gasteiger partial charge in [0.15, 0.2) is 0 Å². The first-order valence-electron chi connectivity index (χ1n) is 5.88. The average molecular weight is 391 g/mol. The first kappa shape index (κ1) is 16.1. The first-order chi connectivity index (χ1) is 9.83. The number of nitrogens with one attached hydrogen (secondary N) is 2. The highest BCUT2D eigenvalue weighted by Crippen LogP contribution is 2.30. The molecule has 8 heteroatoms. The van der Waals surface area contributed by atoms with Crippen molar-refractivity contribution in [1.29, 1.82) is 0 Å². The Kier molecular flexibility index (Phi) is 4.77. The summed E-state index contributed by atoms with van der Waals surface area (Å²) >= 11 is 9.33. The summed E-state index contributed by atoms with van der Waals surface area (Å²) in [6, 6.07) is 9.75. The van der Waals surface area contributed by atoms with E-state index in [4.69, 9.17) is 17.3 Å². The number of hydrogen-bond donors (Lipinski definition) is 3. The summed E-state index contributed by atoms with van der Waals surface area (Å²) in [5.74, 6) is 0. The Balaban J connectivity index is 2.39. The Morgan fingerprint density at radius 1 is 1.19 bits per heavy atom. The molecule has 2 aromatic rings. The molecule has 4 N–H and O–H groups in total. The van der Waals surface area contributed by atoms with E-state index in [2.05, 4.69) is 26.0 Å². The molecule has 0 aliphatic carbocycles. The molecule has 0 saturated heterocycles. The second-order valence-electron chi connectivity index (χ2n) is 4.21. The first-order valence-corrected chi connectivity index (χ1v) is 8.54. The van der Waals surface area contributed by atoms with Gasteiger partial charge in [-0.3, -0.25) is 0 Å². The van der Waals surface area contributed by atoms with Gasteiger partial charge in [0.2, 0.25) is 10.0 Å². The van der Waals surface area contributed by atoms with Crippen molar-refractivity contribution in [1.82, 2.24) is 4.72 Å². The third kappa shape index (κ3) is 3.68. The zero-order chi connectivity index (χ0) is 15.6. The molecular weight excluding hydrogens is 378 g/mol. The van der Waals surface area contributed by atoms with E-state index in [1.807, 2.05) is 0 Å². The quantitative estimate of drug-likeness (QED) is 0.699. The zero-order valence-corrected chi connectivity index (χ0v) is 14.2. The Morgan fingerprint density at radius 3 is 2.52 bits per heavy atom. The van der Waals surface area contributed by atoms with Gasteiger partial charge < -0.3 is 11.1 Å². The number of rotatable bonds is 4. The van der Waals surface area contributed by atoms with Crippen LogP contribution in [0.4, 0.5) is 17.1 Å². The van der Waals surface area contributed by atoms with Gasteiger partial charge >= 0.3 is 0 Å². The number of nitrogen functional groups attached to an aromatic ring is 1. The minimum absolute atomic E-state index is 0.130. The van der Waals surface area contributed by atoms with E-state index < -0.39 is 10.0 Å². The van der Waals surface area contributed by atoms with Crippen molar-refractivity contribution in [3.05, 3.63) is 45.9 Å². The Labute approximate surface area is 136 Å². The van der Waals surface area contributed by atoms with Crippen LogP contribution in [0.1, 0.15) is 0 Å². The summed E-state index contributed by atoms with van der Waals surface area (Å²) in [5.41, 5.74) is 7.50. The molecule has 2 rings (SSSR count). The summed E-state index contributed by atoms with van der Waals surface area (Å²) in [4.78, 5) is 0.130. The fourth-order valence-corrected chi connectivity index (χ4v) is 2.84. The molecule has 5 nitrogen and oxygen atoms in total. The second kappa shape index (κ2) is 6.23. The molecule has 0 heterocycles. The van der Waals surface area contributed by atoms with Gasteiger partial charge in [-0.15, -0.1) is 0 Å². The minimum atomic E-state index is -3.52. The van der Waals surface area contributed by atoms with Crippen LogP contribution in [0.2, 0.25) is 5.02 Å². The van der Waals surface area contributed by atoms with Crippen LogP contribution in [-0.4, -0.2) is 15.5 Å². The standard InChI is InChI=1S/C13H13BrClN3O2S/c1-17-21(19,20)9-3-5-12(16)13(7-9)18-8-2-4-10(14)11(15)6-8/h2-7,17-18H,16H2,1H3. The lowest BCUT2D eigenvalue weighted by Gasteiger charge is -2.12. The van der Waals surface area contributed by atoms with E-state index in [0.29, 0.717) is 22.1 Å². The lowest BCUT2D eigenvalue weighted by molar-refractivity contribution is 0.588. The highest BCUT2D eigenvalue weighted by molar-refractivity contribution is 9.10. The summed E-state index contributed by atoms with van der Waals surface area (Å²) in [7, 11) is -2.17.